The Balaban J connectivity index is 1.89. The first-order valence-electron chi connectivity index (χ1n) is 9.42. The number of aromatic nitrogens is 2. The Hall–Kier alpha value is -3.14. The van der Waals surface area contributed by atoms with E-state index in [0.717, 1.165) is 56.4 Å². The van der Waals surface area contributed by atoms with Crippen LogP contribution in [0.5, 0.6) is 0 Å². The summed E-state index contributed by atoms with van der Waals surface area (Å²) in [6.07, 6.45) is 3.54. The van der Waals surface area contributed by atoms with Gasteiger partial charge in [0.05, 0.1) is 35.2 Å². The predicted molar refractivity (Wildman–Crippen MR) is 118 cm³/mol. The Bertz CT molecular complexity index is 933. The van der Waals surface area contributed by atoms with Crippen molar-refractivity contribution in [3.63, 3.8) is 0 Å². The average Bonchev–Trinajstić information content (AvgIpc) is 2.67. The van der Waals surface area contributed by atoms with Crippen LogP contribution in [0.3, 0.4) is 0 Å². The Kier molecular flexibility index (Phi) is 5.78. The van der Waals surface area contributed by atoms with Gasteiger partial charge in [0.2, 0.25) is 0 Å². The van der Waals surface area contributed by atoms with Gasteiger partial charge in [-0.2, -0.15) is 0 Å². The Morgan fingerprint density at radius 2 is 0.929 bits per heavy atom. The molecule has 0 saturated carbocycles. The molecular formula is C24H26N4. The van der Waals surface area contributed by atoms with Crippen molar-refractivity contribution >= 4 is 22.8 Å². The molecule has 3 aromatic rings. The number of hydrogen-bond donors (Lipinski definition) is 0. The molecule has 0 saturated heterocycles. The highest BCUT2D eigenvalue weighted by Gasteiger charge is 2.08. The predicted octanol–water partition coefficient (Wildman–Crippen LogP) is 5.99. The fourth-order valence-electron chi connectivity index (χ4n) is 3.12. The second-order valence-corrected chi connectivity index (χ2v) is 7.16. The topological polar surface area (TPSA) is 50.5 Å². The Morgan fingerprint density at radius 3 is 1.21 bits per heavy atom. The second-order valence-electron chi connectivity index (χ2n) is 7.16. The lowest BCUT2D eigenvalue weighted by Gasteiger charge is -2.08. The lowest BCUT2D eigenvalue weighted by molar-refractivity contribution is 1.14. The minimum Gasteiger partial charge on any atom is -0.251 e. The van der Waals surface area contributed by atoms with E-state index in [2.05, 4.69) is 61.9 Å². The largest absolute Gasteiger partial charge is 0.251 e. The van der Waals surface area contributed by atoms with Crippen molar-refractivity contribution in [1.82, 2.24) is 9.97 Å². The maximum atomic E-state index is 4.78. The number of aryl methyl sites for hydroxylation is 4. The molecule has 0 spiro atoms. The van der Waals surface area contributed by atoms with Crippen LogP contribution in [0.4, 0.5) is 11.4 Å². The maximum Gasteiger partial charge on any atom is 0.102 e. The van der Waals surface area contributed by atoms with Crippen molar-refractivity contribution in [1.29, 1.82) is 0 Å². The van der Waals surface area contributed by atoms with Crippen molar-refractivity contribution in [2.45, 2.75) is 41.5 Å². The third kappa shape index (κ3) is 4.22. The van der Waals surface area contributed by atoms with Gasteiger partial charge < -0.3 is 0 Å². The molecular weight excluding hydrogens is 344 g/mol. The molecule has 0 aliphatic carbocycles. The first kappa shape index (κ1) is 19.6. The lowest BCUT2D eigenvalue weighted by atomic mass is 10.1. The van der Waals surface area contributed by atoms with E-state index in [1.807, 2.05) is 26.0 Å². The van der Waals surface area contributed by atoms with E-state index in [0.29, 0.717) is 0 Å². The summed E-state index contributed by atoms with van der Waals surface area (Å²) in [5.41, 5.74) is 9.85. The summed E-state index contributed by atoms with van der Waals surface area (Å²) < 4.78 is 0. The van der Waals surface area contributed by atoms with Crippen molar-refractivity contribution in [2.24, 2.45) is 9.98 Å². The van der Waals surface area contributed by atoms with E-state index >= 15 is 0 Å². The van der Waals surface area contributed by atoms with Gasteiger partial charge in [-0.25, -0.2) is 0 Å². The normalized spacial score (nSPS) is 12.4. The van der Waals surface area contributed by atoms with E-state index < -0.39 is 0 Å². The van der Waals surface area contributed by atoms with Crippen LogP contribution >= 0.6 is 0 Å². The zero-order valence-electron chi connectivity index (χ0n) is 17.4. The summed E-state index contributed by atoms with van der Waals surface area (Å²) in [7, 11) is 0. The summed E-state index contributed by atoms with van der Waals surface area (Å²) in [4.78, 5) is 18.7. The van der Waals surface area contributed by atoms with Gasteiger partial charge in [0, 0.05) is 0 Å². The molecule has 0 unspecified atom stereocenters. The minimum atomic E-state index is 0.770. The van der Waals surface area contributed by atoms with Gasteiger partial charge in [0.1, 0.15) is 11.4 Å². The molecule has 0 N–H and O–H groups in total. The highest BCUT2D eigenvalue weighted by atomic mass is 14.9. The van der Waals surface area contributed by atoms with E-state index in [1.54, 1.807) is 12.4 Å². The highest BCUT2D eigenvalue weighted by molar-refractivity contribution is 6.01. The van der Waals surface area contributed by atoms with Crippen LogP contribution in [0.25, 0.3) is 0 Å². The minimum absolute atomic E-state index is 0.770. The van der Waals surface area contributed by atoms with Crippen molar-refractivity contribution in [2.75, 3.05) is 0 Å². The molecule has 1 aromatic heterocycles. The fraction of sp³-hybridized carbons (Fsp3) is 0.250. The van der Waals surface area contributed by atoms with E-state index in [9.17, 15) is 0 Å². The van der Waals surface area contributed by atoms with Crippen LogP contribution in [-0.4, -0.2) is 21.4 Å². The molecule has 0 aliphatic rings. The van der Waals surface area contributed by atoms with Gasteiger partial charge in [-0.15, -0.1) is 0 Å². The Labute approximate surface area is 167 Å². The van der Waals surface area contributed by atoms with Crippen LogP contribution in [0.1, 0.15) is 47.5 Å². The smallest absolute Gasteiger partial charge is 0.102 e. The summed E-state index contributed by atoms with van der Waals surface area (Å²) in [6.45, 7) is 12.2. The maximum absolute atomic E-state index is 4.78. The fourth-order valence-corrected chi connectivity index (χ4v) is 3.12. The molecule has 4 heteroatoms. The van der Waals surface area contributed by atoms with Crippen molar-refractivity contribution in [3.8, 4) is 0 Å². The zero-order valence-corrected chi connectivity index (χ0v) is 17.4. The highest BCUT2D eigenvalue weighted by Crippen LogP contribution is 2.25. The average molecular weight is 371 g/mol. The Morgan fingerprint density at radius 1 is 0.607 bits per heavy atom. The van der Waals surface area contributed by atoms with Gasteiger partial charge in [-0.1, -0.05) is 36.4 Å². The summed E-state index contributed by atoms with van der Waals surface area (Å²) in [5, 5.41) is 0. The van der Waals surface area contributed by atoms with E-state index in [4.69, 9.17) is 9.98 Å². The summed E-state index contributed by atoms with van der Waals surface area (Å²) in [5.74, 6) is 0. The third-order valence-electron chi connectivity index (χ3n) is 4.83. The molecule has 0 atom stereocenters. The zero-order chi connectivity index (χ0) is 20.3. The van der Waals surface area contributed by atoms with E-state index in [-0.39, 0.29) is 0 Å². The van der Waals surface area contributed by atoms with Gasteiger partial charge in [-0.3, -0.25) is 20.0 Å². The van der Waals surface area contributed by atoms with Crippen LogP contribution in [0.15, 0.2) is 58.8 Å². The molecule has 3 rings (SSSR count). The first-order chi connectivity index (χ1) is 13.4. The molecule has 28 heavy (non-hydrogen) atoms. The van der Waals surface area contributed by atoms with Gasteiger partial charge in [0.25, 0.3) is 0 Å². The van der Waals surface area contributed by atoms with Crippen molar-refractivity contribution in [3.05, 3.63) is 82.4 Å². The standard InChI is InChI=1S/C24H26N4/c1-15-9-7-10-16(2)23(15)27-19(5)21-13-26-22(14-25-21)20(6)28-24-17(3)11-8-12-18(24)4/h7-14H,1-6H3. The van der Waals surface area contributed by atoms with Gasteiger partial charge >= 0.3 is 0 Å². The third-order valence-corrected chi connectivity index (χ3v) is 4.83. The lowest BCUT2D eigenvalue weighted by Crippen LogP contribution is -2.05. The van der Waals surface area contributed by atoms with Crippen LogP contribution in [-0.2, 0) is 0 Å². The molecule has 142 valence electrons. The number of aliphatic imine (C=N–C) groups is 2. The molecule has 0 aliphatic heterocycles. The van der Waals surface area contributed by atoms with Crippen LogP contribution < -0.4 is 0 Å². The number of benzene rings is 2. The molecule has 0 fully saturated rings. The van der Waals surface area contributed by atoms with Crippen LogP contribution in [0.2, 0.25) is 0 Å². The molecule has 4 nitrogen and oxygen atoms in total. The SMILES string of the molecule is CC(=Nc1c(C)cccc1C)c1cnc(C(C)=Nc2c(C)cccc2C)cn1. The number of hydrogen-bond acceptors (Lipinski definition) is 4. The van der Waals surface area contributed by atoms with E-state index in [1.165, 1.54) is 0 Å². The summed E-state index contributed by atoms with van der Waals surface area (Å²) in [6, 6.07) is 12.4. The molecule has 0 radical (unpaired) electrons. The summed E-state index contributed by atoms with van der Waals surface area (Å²) >= 11 is 0. The first-order valence-corrected chi connectivity index (χ1v) is 9.42. The second kappa shape index (κ2) is 8.26. The molecule has 1 heterocycles. The number of rotatable bonds is 4. The molecule has 0 bridgehead atoms. The molecule has 2 aromatic carbocycles. The van der Waals surface area contributed by atoms with Gasteiger partial charge in [-0.05, 0) is 63.8 Å². The number of nitrogens with zero attached hydrogens (tertiary/aromatic N) is 4. The van der Waals surface area contributed by atoms with Crippen LogP contribution in [0, 0.1) is 27.7 Å². The van der Waals surface area contributed by atoms with Gasteiger partial charge in [0.15, 0.2) is 0 Å². The quantitative estimate of drug-likeness (QED) is 0.530. The van der Waals surface area contributed by atoms with Crippen molar-refractivity contribution < 1.29 is 0 Å². The molecule has 0 amide bonds. The number of para-hydroxylation sites is 2. The monoisotopic (exact) mass is 370 g/mol.